The topological polar surface area (TPSA) is 53.1 Å². The minimum atomic E-state index is -0.110. The molecule has 2 N–H and O–H groups in total. The lowest BCUT2D eigenvalue weighted by atomic mass is 10.3. The molecule has 0 saturated heterocycles. The summed E-state index contributed by atoms with van der Waals surface area (Å²) in [4.78, 5) is 0. The van der Waals surface area contributed by atoms with E-state index in [0.29, 0.717) is 13.2 Å². The molecule has 0 aliphatic heterocycles. The van der Waals surface area contributed by atoms with Crippen LogP contribution in [0.2, 0.25) is 0 Å². The molecule has 14 heavy (non-hydrogen) atoms. The highest BCUT2D eigenvalue weighted by atomic mass is 16.5. The van der Waals surface area contributed by atoms with Gasteiger partial charge < -0.3 is 10.5 Å². The van der Waals surface area contributed by atoms with Crippen molar-refractivity contribution in [2.75, 3.05) is 13.7 Å². The number of nitrogens with zero attached hydrogens (tertiary/aromatic N) is 2. The van der Waals surface area contributed by atoms with Crippen LogP contribution in [-0.4, -0.2) is 29.5 Å². The summed E-state index contributed by atoms with van der Waals surface area (Å²) in [6.45, 7) is 3.20. The van der Waals surface area contributed by atoms with Crippen LogP contribution in [0.25, 0.3) is 0 Å². The van der Waals surface area contributed by atoms with Gasteiger partial charge in [0.25, 0.3) is 0 Å². The summed E-state index contributed by atoms with van der Waals surface area (Å²) in [6.07, 6.45) is 1.72. The number of hydrogen-bond donors (Lipinski definition) is 1. The summed E-state index contributed by atoms with van der Waals surface area (Å²) < 4.78 is 6.77. The Morgan fingerprint density at radius 2 is 2.50 bits per heavy atom. The van der Waals surface area contributed by atoms with E-state index in [1.54, 1.807) is 18.0 Å². The van der Waals surface area contributed by atoms with Crippen molar-refractivity contribution < 1.29 is 4.74 Å². The van der Waals surface area contributed by atoms with E-state index in [4.69, 9.17) is 10.5 Å². The number of nitrogens with two attached hydrogens (primary N) is 1. The molecule has 0 amide bonds. The van der Waals surface area contributed by atoms with Crippen LogP contribution in [-0.2, 0) is 11.3 Å². The van der Waals surface area contributed by atoms with Gasteiger partial charge in [-0.15, -0.1) is 0 Å². The molecule has 1 unspecified atom stereocenters. The van der Waals surface area contributed by atoms with E-state index in [9.17, 15) is 0 Å². The number of hydrogen-bond acceptors (Lipinski definition) is 3. The van der Waals surface area contributed by atoms with Gasteiger partial charge in [0.05, 0.1) is 25.4 Å². The maximum absolute atomic E-state index is 5.53. The van der Waals surface area contributed by atoms with Crippen LogP contribution in [0.1, 0.15) is 12.6 Å². The van der Waals surface area contributed by atoms with Gasteiger partial charge in [-0.1, -0.05) is 5.92 Å². The van der Waals surface area contributed by atoms with E-state index < -0.39 is 0 Å². The third-order valence-electron chi connectivity index (χ3n) is 1.65. The molecule has 1 atom stereocenters. The molecule has 1 aromatic rings. The van der Waals surface area contributed by atoms with Crippen molar-refractivity contribution in [1.82, 2.24) is 9.78 Å². The molecule has 1 aromatic heterocycles. The second-order valence-electron chi connectivity index (χ2n) is 2.99. The van der Waals surface area contributed by atoms with E-state index in [0.717, 1.165) is 5.69 Å². The van der Waals surface area contributed by atoms with Crippen LogP contribution >= 0.6 is 0 Å². The molecular weight excluding hydrogens is 178 g/mol. The summed E-state index contributed by atoms with van der Waals surface area (Å²) in [5.74, 6) is 5.86. The van der Waals surface area contributed by atoms with Gasteiger partial charge in [-0.25, -0.2) is 0 Å². The zero-order chi connectivity index (χ0) is 10.4. The normalized spacial score (nSPS) is 11.9. The van der Waals surface area contributed by atoms with Gasteiger partial charge in [0.1, 0.15) is 5.69 Å². The fourth-order valence-corrected chi connectivity index (χ4v) is 0.983. The highest BCUT2D eigenvalue weighted by molar-refractivity contribution is 5.28. The smallest absolute Gasteiger partial charge is 0.111 e. The zero-order valence-electron chi connectivity index (χ0n) is 8.53. The first kappa shape index (κ1) is 10.8. The molecule has 0 aromatic carbocycles. The van der Waals surface area contributed by atoms with Crippen molar-refractivity contribution in [3.8, 4) is 11.8 Å². The quantitative estimate of drug-likeness (QED) is 0.699. The Morgan fingerprint density at radius 3 is 3.14 bits per heavy atom. The molecule has 0 aliphatic carbocycles. The van der Waals surface area contributed by atoms with Crippen molar-refractivity contribution in [2.24, 2.45) is 5.73 Å². The lowest BCUT2D eigenvalue weighted by Gasteiger charge is -2.01. The Morgan fingerprint density at radius 1 is 1.71 bits per heavy atom. The molecule has 0 spiro atoms. The zero-order valence-corrected chi connectivity index (χ0v) is 8.53. The van der Waals surface area contributed by atoms with E-state index in [-0.39, 0.29) is 6.04 Å². The van der Waals surface area contributed by atoms with E-state index in [2.05, 4.69) is 16.9 Å². The molecule has 0 bridgehead atoms. The highest BCUT2D eigenvalue weighted by Crippen LogP contribution is 1.96. The third-order valence-corrected chi connectivity index (χ3v) is 1.65. The predicted octanol–water partition coefficient (Wildman–Crippen LogP) is 0.228. The Bertz CT molecular complexity index is 333. The summed E-state index contributed by atoms with van der Waals surface area (Å²) in [5.41, 5.74) is 6.41. The van der Waals surface area contributed by atoms with Gasteiger partial charge in [-0.2, -0.15) is 5.10 Å². The number of methoxy groups -OCH3 is 1. The lowest BCUT2D eigenvalue weighted by Crippen LogP contribution is -2.12. The van der Waals surface area contributed by atoms with Crippen LogP contribution in [0.5, 0.6) is 0 Å². The SMILES string of the molecule is COCCn1nccc1C#CC(C)N. The minimum Gasteiger partial charge on any atom is -0.383 e. The van der Waals surface area contributed by atoms with Crippen molar-refractivity contribution in [3.63, 3.8) is 0 Å². The van der Waals surface area contributed by atoms with Crippen LogP contribution in [0, 0.1) is 11.8 Å². The first-order chi connectivity index (χ1) is 6.74. The predicted molar refractivity (Wildman–Crippen MR) is 54.6 cm³/mol. The maximum atomic E-state index is 5.53. The average molecular weight is 193 g/mol. The molecule has 0 radical (unpaired) electrons. The number of rotatable bonds is 3. The Hall–Kier alpha value is -1.31. The maximum Gasteiger partial charge on any atom is 0.111 e. The highest BCUT2D eigenvalue weighted by Gasteiger charge is 1.97. The van der Waals surface area contributed by atoms with Gasteiger partial charge >= 0.3 is 0 Å². The summed E-state index contributed by atoms with van der Waals surface area (Å²) in [5, 5.41) is 4.12. The van der Waals surface area contributed by atoms with Crippen LogP contribution < -0.4 is 5.73 Å². The van der Waals surface area contributed by atoms with Crippen LogP contribution in [0.3, 0.4) is 0 Å². The molecule has 0 aliphatic rings. The molecule has 76 valence electrons. The van der Waals surface area contributed by atoms with E-state index >= 15 is 0 Å². The standard InChI is InChI=1S/C10H15N3O/c1-9(11)3-4-10-5-6-12-13(10)7-8-14-2/h5-6,9H,7-8,11H2,1-2H3. The van der Waals surface area contributed by atoms with Crippen molar-refractivity contribution in [1.29, 1.82) is 0 Å². The van der Waals surface area contributed by atoms with Crippen LogP contribution in [0.4, 0.5) is 0 Å². The fraction of sp³-hybridized carbons (Fsp3) is 0.500. The summed E-state index contributed by atoms with van der Waals surface area (Å²) >= 11 is 0. The van der Waals surface area contributed by atoms with Crippen LogP contribution in [0.15, 0.2) is 12.3 Å². The first-order valence-corrected chi connectivity index (χ1v) is 4.52. The number of aromatic nitrogens is 2. The average Bonchev–Trinajstić information content (AvgIpc) is 2.58. The molecule has 4 heteroatoms. The molecule has 0 fully saturated rings. The molecule has 1 heterocycles. The van der Waals surface area contributed by atoms with Crippen molar-refractivity contribution in [2.45, 2.75) is 19.5 Å². The molecule has 4 nitrogen and oxygen atoms in total. The number of ether oxygens (including phenoxy) is 1. The second kappa shape index (κ2) is 5.43. The Kier molecular flexibility index (Phi) is 4.17. The third kappa shape index (κ3) is 3.21. The van der Waals surface area contributed by atoms with Gasteiger partial charge in [0.15, 0.2) is 0 Å². The van der Waals surface area contributed by atoms with Gasteiger partial charge in [0, 0.05) is 7.11 Å². The summed E-state index contributed by atoms with van der Waals surface area (Å²) in [6, 6.07) is 1.76. The Balaban J connectivity index is 2.68. The molecule has 1 rings (SSSR count). The van der Waals surface area contributed by atoms with E-state index in [1.807, 2.05) is 13.0 Å². The Labute approximate surface area is 84.0 Å². The molecule has 0 saturated carbocycles. The lowest BCUT2D eigenvalue weighted by molar-refractivity contribution is 0.183. The van der Waals surface area contributed by atoms with Crippen molar-refractivity contribution >= 4 is 0 Å². The largest absolute Gasteiger partial charge is 0.383 e. The molecular formula is C10H15N3O. The van der Waals surface area contributed by atoms with E-state index in [1.165, 1.54) is 0 Å². The van der Waals surface area contributed by atoms with Gasteiger partial charge in [-0.05, 0) is 18.9 Å². The monoisotopic (exact) mass is 193 g/mol. The second-order valence-corrected chi connectivity index (χ2v) is 2.99. The summed E-state index contributed by atoms with van der Waals surface area (Å²) in [7, 11) is 1.66. The van der Waals surface area contributed by atoms with Gasteiger partial charge in [0.2, 0.25) is 0 Å². The fourth-order valence-electron chi connectivity index (χ4n) is 0.983. The van der Waals surface area contributed by atoms with Gasteiger partial charge in [-0.3, -0.25) is 4.68 Å². The minimum absolute atomic E-state index is 0.110. The van der Waals surface area contributed by atoms with Crippen molar-refractivity contribution in [3.05, 3.63) is 18.0 Å². The first-order valence-electron chi connectivity index (χ1n) is 4.52.